The molecule has 1 heteroatoms. The molecule has 0 nitrogen and oxygen atoms in total. The van der Waals surface area contributed by atoms with Crippen LogP contribution >= 0.6 is 0 Å². The summed E-state index contributed by atoms with van der Waals surface area (Å²) in [5.74, 6) is 2.02. The molecule has 2 saturated carbocycles. The third-order valence-corrected chi connectivity index (χ3v) is 12.2. The van der Waals surface area contributed by atoms with Gasteiger partial charge in [-0.25, -0.2) is 0 Å². The summed E-state index contributed by atoms with van der Waals surface area (Å²) in [5.41, 5.74) is 1.18. The molecule has 2 aliphatic rings. The van der Waals surface area contributed by atoms with Crippen LogP contribution in [0.3, 0.4) is 0 Å². The minimum atomic E-state index is 0.461. The van der Waals surface area contributed by atoms with Crippen LogP contribution in [0.1, 0.15) is 106 Å². The van der Waals surface area contributed by atoms with Gasteiger partial charge in [0.1, 0.15) is 0 Å². The Bertz CT molecular complexity index is 307. The molecule has 0 aromatic heterocycles. The van der Waals surface area contributed by atoms with E-state index < -0.39 is 0 Å². The minimum absolute atomic E-state index is 0.461. The van der Waals surface area contributed by atoms with Gasteiger partial charge in [0.15, 0.2) is 0 Å². The van der Waals surface area contributed by atoms with Crippen molar-refractivity contribution in [3.8, 4) is 0 Å². The van der Waals surface area contributed by atoms with Crippen molar-refractivity contribution < 1.29 is 21.2 Å². The molecule has 0 unspecified atom stereocenters. The SMILES string of the molecule is CCC(C)(C)C1CCC([I-]C2CCC(C(C)(C)CC)CC2)CC1. The second kappa shape index (κ2) is 8.41. The van der Waals surface area contributed by atoms with Crippen LogP contribution in [0.5, 0.6) is 0 Å². The van der Waals surface area contributed by atoms with Crippen molar-refractivity contribution in [2.24, 2.45) is 22.7 Å². The average Bonchev–Trinajstić information content (AvgIpc) is 2.56. The van der Waals surface area contributed by atoms with Crippen LogP contribution < -0.4 is 21.2 Å². The molecule has 138 valence electrons. The Kier molecular flexibility index (Phi) is 7.33. The van der Waals surface area contributed by atoms with E-state index in [0.717, 1.165) is 11.8 Å². The molecule has 0 saturated heterocycles. The number of halogens is 1. The quantitative estimate of drug-likeness (QED) is 0.438. The van der Waals surface area contributed by atoms with Crippen LogP contribution in [0.15, 0.2) is 0 Å². The zero-order valence-electron chi connectivity index (χ0n) is 16.8. The maximum atomic E-state index is 2.50. The van der Waals surface area contributed by atoms with Crippen LogP contribution in [0.4, 0.5) is 0 Å². The Morgan fingerprint density at radius 1 is 0.609 bits per heavy atom. The number of alkyl halides is 2. The first kappa shape index (κ1) is 20.0. The summed E-state index contributed by atoms with van der Waals surface area (Å²) in [6.07, 6.45) is 15.1. The van der Waals surface area contributed by atoms with Crippen LogP contribution in [-0.2, 0) is 0 Å². The van der Waals surface area contributed by atoms with Crippen LogP contribution in [-0.4, -0.2) is 7.85 Å². The summed E-state index contributed by atoms with van der Waals surface area (Å²) < 4.78 is 2.33. The van der Waals surface area contributed by atoms with Gasteiger partial charge in [0, 0.05) is 0 Å². The fourth-order valence-corrected chi connectivity index (χ4v) is 9.06. The second-order valence-electron chi connectivity index (χ2n) is 9.71. The second-order valence-corrected chi connectivity index (χ2v) is 14.0. The molecule has 2 fully saturated rings. The van der Waals surface area contributed by atoms with E-state index in [1.807, 2.05) is 0 Å². The molecule has 0 atom stereocenters. The van der Waals surface area contributed by atoms with Gasteiger partial charge < -0.3 is 0 Å². The maximum absolute atomic E-state index is 2.50. The van der Waals surface area contributed by atoms with E-state index in [4.69, 9.17) is 0 Å². The summed E-state index contributed by atoms with van der Waals surface area (Å²) in [5, 5.41) is 0. The van der Waals surface area contributed by atoms with Crippen molar-refractivity contribution in [3.05, 3.63) is 0 Å². The Labute approximate surface area is 157 Å². The van der Waals surface area contributed by atoms with Crippen LogP contribution in [0, 0.1) is 22.7 Å². The standard InChI is InChI=1S/C22H42I/c1-7-21(3,4)17-9-13-19(14-10-17)23-20-15-11-18(12-16-20)22(5,6)8-2/h17-20H,7-16H2,1-6H3/q-1. The fourth-order valence-electron chi connectivity index (χ4n) is 4.75. The molecule has 0 amide bonds. The molecule has 23 heavy (non-hydrogen) atoms. The topological polar surface area (TPSA) is 0 Å². The predicted octanol–water partition coefficient (Wildman–Crippen LogP) is 4.07. The molecule has 0 spiro atoms. The Hall–Kier alpha value is 0.730. The molecule has 0 aromatic rings. The van der Waals surface area contributed by atoms with E-state index in [9.17, 15) is 0 Å². The number of rotatable bonds is 6. The van der Waals surface area contributed by atoms with Crippen molar-refractivity contribution in [1.29, 1.82) is 0 Å². The van der Waals surface area contributed by atoms with Crippen LogP contribution in [0.2, 0.25) is 0 Å². The zero-order chi connectivity index (χ0) is 17.1. The third kappa shape index (κ3) is 5.35. The van der Waals surface area contributed by atoms with Gasteiger partial charge in [-0.15, -0.1) is 0 Å². The van der Waals surface area contributed by atoms with E-state index in [1.165, 1.54) is 46.4 Å². The van der Waals surface area contributed by atoms with Crippen molar-refractivity contribution in [1.82, 2.24) is 0 Å². The van der Waals surface area contributed by atoms with E-state index in [-0.39, 0.29) is 0 Å². The summed E-state index contributed by atoms with van der Waals surface area (Å²) in [7, 11) is 0. The molecule has 2 aliphatic carbocycles. The fraction of sp³-hybridized carbons (Fsp3) is 1.00. The molecular formula is C22H42I-. The molecule has 2 rings (SSSR count). The number of hydrogen-bond donors (Lipinski definition) is 0. The first-order valence-electron chi connectivity index (χ1n) is 10.4. The molecule has 0 aromatic carbocycles. The Morgan fingerprint density at radius 3 is 1.17 bits per heavy atom. The number of hydrogen-bond acceptors (Lipinski definition) is 0. The summed E-state index contributed by atoms with van der Waals surface area (Å²) in [6.45, 7) is 14.8. The summed E-state index contributed by atoms with van der Waals surface area (Å²) in [6, 6.07) is 0. The van der Waals surface area contributed by atoms with Crippen molar-refractivity contribution in [2.75, 3.05) is 0 Å². The third-order valence-electron chi connectivity index (χ3n) is 7.70. The van der Waals surface area contributed by atoms with Gasteiger partial charge in [-0.3, -0.25) is 0 Å². The van der Waals surface area contributed by atoms with Gasteiger partial charge in [0.05, 0.1) is 0 Å². The molecular weight excluding hydrogens is 391 g/mol. The van der Waals surface area contributed by atoms with Crippen molar-refractivity contribution >= 4 is 0 Å². The van der Waals surface area contributed by atoms with Gasteiger partial charge in [-0.1, -0.05) is 0 Å². The van der Waals surface area contributed by atoms with E-state index in [1.54, 1.807) is 25.7 Å². The van der Waals surface area contributed by atoms with E-state index in [2.05, 4.69) is 41.5 Å². The monoisotopic (exact) mass is 433 g/mol. The van der Waals surface area contributed by atoms with E-state index >= 15 is 0 Å². The molecule has 0 heterocycles. The van der Waals surface area contributed by atoms with Crippen molar-refractivity contribution in [3.63, 3.8) is 0 Å². The van der Waals surface area contributed by atoms with Crippen molar-refractivity contribution in [2.45, 2.75) is 114 Å². The van der Waals surface area contributed by atoms with Gasteiger partial charge >= 0.3 is 157 Å². The van der Waals surface area contributed by atoms with E-state index in [0.29, 0.717) is 32.0 Å². The van der Waals surface area contributed by atoms with Gasteiger partial charge in [0.25, 0.3) is 0 Å². The van der Waals surface area contributed by atoms with Gasteiger partial charge in [-0.05, 0) is 0 Å². The predicted molar refractivity (Wildman–Crippen MR) is 99.6 cm³/mol. The molecule has 0 N–H and O–H groups in total. The molecule has 0 aliphatic heterocycles. The Balaban J connectivity index is 1.72. The van der Waals surface area contributed by atoms with Gasteiger partial charge in [-0.2, -0.15) is 0 Å². The van der Waals surface area contributed by atoms with Crippen LogP contribution in [0.25, 0.3) is 0 Å². The Morgan fingerprint density at radius 2 is 0.913 bits per heavy atom. The summed E-state index contributed by atoms with van der Waals surface area (Å²) in [4.78, 5) is 0. The average molecular weight is 433 g/mol. The first-order valence-corrected chi connectivity index (χ1v) is 12.9. The first-order chi connectivity index (χ1) is 10.8. The molecule has 0 radical (unpaired) electrons. The molecule has 0 bridgehead atoms. The summed E-state index contributed by atoms with van der Waals surface area (Å²) >= 11 is 0.461. The zero-order valence-corrected chi connectivity index (χ0v) is 18.9. The normalized spacial score (nSPS) is 33.8. The van der Waals surface area contributed by atoms with Gasteiger partial charge in [0.2, 0.25) is 0 Å².